The third kappa shape index (κ3) is 3.57. The molecular weight excluding hydrogens is 378 g/mol. The van der Waals surface area contributed by atoms with Crippen molar-refractivity contribution >= 4 is 28.5 Å². The summed E-state index contributed by atoms with van der Waals surface area (Å²) in [6.45, 7) is 4.44. The van der Waals surface area contributed by atoms with Gasteiger partial charge in [0.05, 0.1) is 11.4 Å². The fourth-order valence-electron chi connectivity index (χ4n) is 4.46. The Bertz CT molecular complexity index is 1060. The van der Waals surface area contributed by atoms with E-state index in [2.05, 4.69) is 39.4 Å². The van der Waals surface area contributed by atoms with E-state index < -0.39 is 0 Å². The van der Waals surface area contributed by atoms with E-state index in [4.69, 9.17) is 0 Å². The van der Waals surface area contributed by atoms with Crippen LogP contribution in [-0.2, 0) is 16.1 Å². The molecule has 2 amide bonds. The zero-order valence-corrected chi connectivity index (χ0v) is 16.8. The summed E-state index contributed by atoms with van der Waals surface area (Å²) >= 11 is 0. The standard InChI is InChI=1S/C23H25N5O2/c29-21-14-18(16-28(21)22-19-8-4-5-9-20(19)24-25-22)23(30)27-12-10-26(11-13-27)15-17-6-2-1-3-7-17/h1-9,18H,10-16H2,(H,24,25)/t18-/m0/s1. The maximum absolute atomic E-state index is 13.1. The van der Waals surface area contributed by atoms with E-state index in [1.807, 2.05) is 35.2 Å². The van der Waals surface area contributed by atoms with Crippen LogP contribution in [-0.4, -0.2) is 64.5 Å². The van der Waals surface area contributed by atoms with Gasteiger partial charge in [-0.15, -0.1) is 0 Å². The third-order valence-corrected chi connectivity index (χ3v) is 6.11. The van der Waals surface area contributed by atoms with E-state index in [1.54, 1.807) is 4.90 Å². The van der Waals surface area contributed by atoms with Crippen molar-refractivity contribution in [3.63, 3.8) is 0 Å². The molecule has 1 atom stereocenters. The molecule has 0 saturated carbocycles. The number of nitrogens with one attached hydrogen (secondary N) is 1. The predicted octanol–water partition coefficient (Wildman–Crippen LogP) is 2.26. The highest BCUT2D eigenvalue weighted by molar-refractivity contribution is 6.05. The van der Waals surface area contributed by atoms with Crippen LogP contribution in [0.4, 0.5) is 5.82 Å². The van der Waals surface area contributed by atoms with Crippen LogP contribution in [0.3, 0.4) is 0 Å². The van der Waals surface area contributed by atoms with Crippen molar-refractivity contribution in [1.82, 2.24) is 20.0 Å². The first kappa shape index (κ1) is 18.8. The number of para-hydroxylation sites is 1. The minimum Gasteiger partial charge on any atom is -0.340 e. The van der Waals surface area contributed by atoms with Gasteiger partial charge in [-0.2, -0.15) is 5.10 Å². The van der Waals surface area contributed by atoms with Crippen molar-refractivity contribution in [3.8, 4) is 0 Å². The normalized spacial score (nSPS) is 20.3. The van der Waals surface area contributed by atoms with Crippen LogP contribution in [0.1, 0.15) is 12.0 Å². The lowest BCUT2D eigenvalue weighted by Crippen LogP contribution is -2.50. The van der Waals surface area contributed by atoms with Crippen LogP contribution in [0.2, 0.25) is 0 Å². The molecule has 30 heavy (non-hydrogen) atoms. The highest BCUT2D eigenvalue weighted by Crippen LogP contribution is 2.30. The molecule has 2 fully saturated rings. The number of hydrogen-bond acceptors (Lipinski definition) is 4. The summed E-state index contributed by atoms with van der Waals surface area (Å²) in [5.41, 5.74) is 2.19. The Morgan fingerprint density at radius 1 is 1.00 bits per heavy atom. The lowest BCUT2D eigenvalue weighted by Gasteiger charge is -2.35. The van der Waals surface area contributed by atoms with E-state index >= 15 is 0 Å². The second kappa shape index (κ2) is 7.91. The van der Waals surface area contributed by atoms with Gasteiger partial charge in [-0.25, -0.2) is 0 Å². The quantitative estimate of drug-likeness (QED) is 0.725. The summed E-state index contributed by atoms with van der Waals surface area (Å²) in [5.74, 6) is 0.380. The van der Waals surface area contributed by atoms with Crippen molar-refractivity contribution in [1.29, 1.82) is 0 Å². The van der Waals surface area contributed by atoms with Gasteiger partial charge in [0.2, 0.25) is 11.8 Å². The van der Waals surface area contributed by atoms with Crippen molar-refractivity contribution in [3.05, 3.63) is 60.2 Å². The molecule has 154 valence electrons. The van der Waals surface area contributed by atoms with Crippen LogP contribution >= 0.6 is 0 Å². The number of hydrogen-bond donors (Lipinski definition) is 1. The fourth-order valence-corrected chi connectivity index (χ4v) is 4.46. The lowest BCUT2D eigenvalue weighted by molar-refractivity contribution is -0.137. The van der Waals surface area contributed by atoms with Gasteiger partial charge >= 0.3 is 0 Å². The number of fused-ring (bicyclic) bond motifs is 1. The van der Waals surface area contributed by atoms with Crippen LogP contribution in [0.25, 0.3) is 10.9 Å². The Labute approximate surface area is 175 Å². The predicted molar refractivity (Wildman–Crippen MR) is 115 cm³/mol. The van der Waals surface area contributed by atoms with Gasteiger partial charge in [-0.3, -0.25) is 24.5 Å². The summed E-state index contributed by atoms with van der Waals surface area (Å²) < 4.78 is 0. The van der Waals surface area contributed by atoms with Crippen LogP contribution in [0.15, 0.2) is 54.6 Å². The van der Waals surface area contributed by atoms with Gasteiger partial charge in [0, 0.05) is 51.1 Å². The molecule has 0 unspecified atom stereocenters. The highest BCUT2D eigenvalue weighted by atomic mass is 16.2. The molecule has 2 aliphatic heterocycles. The first-order chi connectivity index (χ1) is 14.7. The van der Waals surface area contributed by atoms with Crippen molar-refractivity contribution in [2.75, 3.05) is 37.6 Å². The summed E-state index contributed by atoms with van der Waals surface area (Å²) in [5, 5.41) is 8.22. The average Bonchev–Trinajstić information content (AvgIpc) is 3.38. The molecule has 0 bridgehead atoms. The summed E-state index contributed by atoms with van der Waals surface area (Å²) in [6, 6.07) is 18.1. The van der Waals surface area contributed by atoms with E-state index in [1.165, 1.54) is 5.56 Å². The number of H-pyrrole nitrogens is 1. The molecule has 2 saturated heterocycles. The van der Waals surface area contributed by atoms with Gasteiger partial charge in [-0.1, -0.05) is 42.5 Å². The Hall–Kier alpha value is -3.19. The summed E-state index contributed by atoms with van der Waals surface area (Å²) in [6.07, 6.45) is 0.254. The van der Waals surface area contributed by atoms with E-state index in [0.29, 0.717) is 25.5 Å². The van der Waals surface area contributed by atoms with Crippen molar-refractivity contribution in [2.45, 2.75) is 13.0 Å². The Morgan fingerprint density at radius 3 is 2.53 bits per heavy atom. The topological polar surface area (TPSA) is 72.5 Å². The number of benzene rings is 2. The van der Waals surface area contributed by atoms with Gasteiger partial charge in [0.1, 0.15) is 0 Å². The Balaban J connectivity index is 1.21. The number of aromatic amines is 1. The Morgan fingerprint density at radius 2 is 1.73 bits per heavy atom. The molecule has 3 aromatic rings. The smallest absolute Gasteiger partial charge is 0.229 e. The number of aromatic nitrogens is 2. The largest absolute Gasteiger partial charge is 0.340 e. The maximum Gasteiger partial charge on any atom is 0.229 e. The van der Waals surface area contributed by atoms with Crippen LogP contribution < -0.4 is 4.90 Å². The maximum atomic E-state index is 13.1. The molecule has 1 aromatic heterocycles. The molecule has 7 heteroatoms. The van der Waals surface area contributed by atoms with Crippen LogP contribution in [0.5, 0.6) is 0 Å². The van der Waals surface area contributed by atoms with E-state index in [9.17, 15) is 9.59 Å². The summed E-state index contributed by atoms with van der Waals surface area (Å²) in [4.78, 5) is 31.7. The average molecular weight is 403 g/mol. The van der Waals surface area contributed by atoms with E-state index in [0.717, 1.165) is 30.5 Å². The number of carbonyl (C=O) groups is 2. The van der Waals surface area contributed by atoms with Crippen molar-refractivity contribution < 1.29 is 9.59 Å². The highest BCUT2D eigenvalue weighted by Gasteiger charge is 2.39. The monoisotopic (exact) mass is 403 g/mol. The second-order valence-corrected chi connectivity index (χ2v) is 8.09. The number of piperazine rings is 1. The first-order valence-corrected chi connectivity index (χ1v) is 10.5. The molecular formula is C23H25N5O2. The molecule has 2 aliphatic rings. The Kier molecular flexibility index (Phi) is 4.96. The fraction of sp³-hybridized carbons (Fsp3) is 0.348. The minimum absolute atomic E-state index is 0.0340. The number of nitrogens with zero attached hydrogens (tertiary/aromatic N) is 4. The van der Waals surface area contributed by atoms with Crippen LogP contribution in [0, 0.1) is 5.92 Å². The van der Waals surface area contributed by atoms with E-state index in [-0.39, 0.29) is 24.2 Å². The molecule has 5 rings (SSSR count). The SMILES string of the molecule is O=C([C@H]1CC(=O)N(c2n[nH]c3ccccc23)C1)N1CCN(Cc2ccccc2)CC1. The number of anilines is 1. The molecule has 0 aliphatic carbocycles. The van der Waals surface area contributed by atoms with Gasteiger partial charge in [-0.05, 0) is 17.7 Å². The van der Waals surface area contributed by atoms with Gasteiger partial charge in [0.15, 0.2) is 5.82 Å². The number of carbonyl (C=O) groups excluding carboxylic acids is 2. The summed E-state index contributed by atoms with van der Waals surface area (Å²) in [7, 11) is 0. The minimum atomic E-state index is -0.298. The number of rotatable bonds is 4. The molecule has 7 nitrogen and oxygen atoms in total. The zero-order valence-electron chi connectivity index (χ0n) is 16.8. The second-order valence-electron chi connectivity index (χ2n) is 8.09. The lowest BCUT2D eigenvalue weighted by atomic mass is 10.1. The van der Waals surface area contributed by atoms with Crippen molar-refractivity contribution in [2.24, 2.45) is 5.92 Å². The molecule has 2 aromatic carbocycles. The molecule has 0 spiro atoms. The first-order valence-electron chi connectivity index (χ1n) is 10.5. The molecule has 0 radical (unpaired) electrons. The molecule has 3 heterocycles. The molecule has 1 N–H and O–H groups in total. The number of amides is 2. The van der Waals surface area contributed by atoms with Gasteiger partial charge < -0.3 is 4.90 Å². The van der Waals surface area contributed by atoms with Gasteiger partial charge in [0.25, 0.3) is 0 Å². The zero-order chi connectivity index (χ0) is 20.5. The third-order valence-electron chi connectivity index (χ3n) is 6.11.